The van der Waals surface area contributed by atoms with E-state index in [9.17, 15) is 38.8 Å². The Labute approximate surface area is 376 Å². The fraction of sp³-hybridized carbons (Fsp3) is 0.524. The number of aliphatic hydroxyl groups is 1. The van der Waals surface area contributed by atoms with Crippen LogP contribution in [0.1, 0.15) is 109 Å². The van der Waals surface area contributed by atoms with Gasteiger partial charge in [-0.25, -0.2) is 25.3 Å². The number of hydrogen-bond acceptors (Lipinski definition) is 14. The summed E-state index contributed by atoms with van der Waals surface area (Å²) in [5, 5.41) is 11.8. The molecule has 0 bridgehead atoms. The maximum atomic E-state index is 12.3. The highest BCUT2D eigenvalue weighted by molar-refractivity contribution is 8.13. The largest absolute Gasteiger partial charge is 0.388 e. The molecule has 19 heteroatoms. The predicted molar refractivity (Wildman–Crippen MR) is 247 cm³/mol. The van der Waals surface area contributed by atoms with Crippen LogP contribution >= 0.6 is 33.4 Å². The molecule has 0 spiro atoms. The molecule has 1 N–H and O–H groups in total. The van der Waals surface area contributed by atoms with Gasteiger partial charge in [0.1, 0.15) is 20.3 Å². The SMILES string of the molecule is C1CCOC1.CCN(C(C)C)C(C)C.C[C@H]1C[C@@H](O)c2ccsc2S1(=O)=O.C[C@H]1C[C@@H](OS(=O)(=O)Cc2ccccc2)c2ccsc2S1(=O)=O.O=S(=O)(Cl)Cc1ccccc1. The number of halogens is 1. The van der Waals surface area contributed by atoms with Gasteiger partial charge < -0.3 is 9.84 Å². The molecule has 0 unspecified atom stereocenters. The number of benzene rings is 2. The predicted octanol–water partition coefficient (Wildman–Crippen LogP) is 8.93. The Balaban J connectivity index is 0.000000222. The molecule has 3 aliphatic rings. The minimum Gasteiger partial charge on any atom is -0.388 e. The lowest BCUT2D eigenvalue weighted by Gasteiger charge is -2.28. The van der Waals surface area contributed by atoms with Gasteiger partial charge in [0.15, 0.2) is 19.7 Å². The lowest BCUT2D eigenvalue weighted by molar-refractivity contribution is 0.161. The van der Waals surface area contributed by atoms with Crippen LogP contribution in [0.4, 0.5) is 0 Å². The van der Waals surface area contributed by atoms with E-state index >= 15 is 0 Å². The van der Waals surface area contributed by atoms with Gasteiger partial charge in [-0.1, -0.05) is 67.6 Å². The summed E-state index contributed by atoms with van der Waals surface area (Å²) in [4.78, 5) is 2.46. The van der Waals surface area contributed by atoms with Crippen molar-refractivity contribution in [2.45, 2.75) is 129 Å². The van der Waals surface area contributed by atoms with Gasteiger partial charge in [-0.2, -0.15) is 8.42 Å². The Bertz CT molecular complexity index is 2350. The maximum absolute atomic E-state index is 12.3. The molecule has 4 atom stereocenters. The number of sulfone groups is 2. The molecular weight excluding hydrogens is 922 g/mol. The van der Waals surface area contributed by atoms with Gasteiger partial charge in [-0.15, -0.1) is 22.7 Å². The molecule has 0 saturated carbocycles. The van der Waals surface area contributed by atoms with Crippen LogP contribution in [0, 0.1) is 0 Å². The minimum absolute atomic E-state index is 0.102. The van der Waals surface area contributed by atoms with Crippen LogP contribution < -0.4 is 0 Å². The Kier molecular flexibility index (Phi) is 21.0. The summed E-state index contributed by atoms with van der Waals surface area (Å²) in [7, 11) is -8.70. The van der Waals surface area contributed by atoms with E-state index in [0.29, 0.717) is 45.0 Å². The highest BCUT2D eigenvalue weighted by Gasteiger charge is 2.40. The Hall–Kier alpha value is -2.23. The van der Waals surface area contributed by atoms with Crippen molar-refractivity contribution in [3.63, 3.8) is 0 Å². The summed E-state index contributed by atoms with van der Waals surface area (Å²) in [6, 6.07) is 22.3. The van der Waals surface area contributed by atoms with Crippen molar-refractivity contribution in [3.05, 3.63) is 106 Å². The lowest BCUT2D eigenvalue weighted by atomic mass is 10.1. The fourth-order valence-corrected chi connectivity index (χ4v) is 15.3. The summed E-state index contributed by atoms with van der Waals surface area (Å²) in [5.74, 6) is -0.333. The number of ether oxygens (including phenoxy) is 1. The number of thiophene rings is 2. The van der Waals surface area contributed by atoms with Crippen molar-refractivity contribution in [1.29, 1.82) is 0 Å². The van der Waals surface area contributed by atoms with E-state index in [1.165, 1.54) is 24.2 Å². The van der Waals surface area contributed by atoms with E-state index in [1.807, 2.05) is 12.1 Å². The van der Waals surface area contributed by atoms with E-state index in [0.717, 1.165) is 31.1 Å². The highest BCUT2D eigenvalue weighted by atomic mass is 35.7. The first kappa shape index (κ1) is 53.1. The Morgan fingerprint density at radius 2 is 1.18 bits per heavy atom. The van der Waals surface area contributed by atoms with Crippen molar-refractivity contribution >= 4 is 72.2 Å². The molecule has 7 rings (SSSR count). The molecule has 1 fully saturated rings. The zero-order valence-corrected chi connectivity index (χ0v) is 41.4. The molecule has 61 heavy (non-hydrogen) atoms. The van der Waals surface area contributed by atoms with Crippen molar-refractivity contribution in [3.8, 4) is 0 Å². The Morgan fingerprint density at radius 3 is 1.59 bits per heavy atom. The molecule has 3 aliphatic heterocycles. The van der Waals surface area contributed by atoms with Crippen molar-refractivity contribution < 1.29 is 47.7 Å². The highest BCUT2D eigenvalue weighted by Crippen LogP contribution is 2.42. The van der Waals surface area contributed by atoms with Gasteiger partial charge in [0.2, 0.25) is 9.05 Å². The summed E-state index contributed by atoms with van der Waals surface area (Å²) < 4.78 is 105. The molecule has 5 heterocycles. The standard InChI is InChI=1S/C15H16O5S3.C8H19N.C8H10O3S2.C7H7ClO2S.C4H8O/c1-11-9-14(13-7-8-21-15(13)23(11,18)19)20-22(16,17)10-12-5-3-2-4-6-12;1-6-9(7(2)3)8(4)5;1-5-4-7(9)6-2-3-12-8(6)13(5,10)11;8-11(9,10)6-7-4-2-1-3-5-7;1-2-4-5-3-1/h2-8,11,14H,9-10H2,1H3;7-8H,6H2,1-5H3;2-3,5,7,9H,4H2,1H3;1-5H,6H2;1-4H2/t11-,14+;;5-,7+;;/m0.0../s1. The Morgan fingerprint density at radius 1 is 0.738 bits per heavy atom. The molecule has 1 saturated heterocycles. The lowest BCUT2D eigenvalue weighted by Crippen LogP contribution is -2.36. The summed E-state index contributed by atoms with van der Waals surface area (Å²) in [6.45, 7) is 17.6. The first-order valence-corrected chi connectivity index (χ1v) is 29.0. The topological polar surface area (TPSA) is 178 Å². The molecule has 0 radical (unpaired) electrons. The summed E-state index contributed by atoms with van der Waals surface area (Å²) >= 11 is 2.30. The van der Waals surface area contributed by atoms with E-state index < -0.39 is 61.6 Å². The molecule has 0 aliphatic carbocycles. The van der Waals surface area contributed by atoms with Gasteiger partial charge in [0.05, 0.1) is 22.4 Å². The van der Waals surface area contributed by atoms with Gasteiger partial charge in [0, 0.05) is 47.1 Å². The average Bonchev–Trinajstić information content (AvgIpc) is 3.99. The van der Waals surface area contributed by atoms with Crippen LogP contribution in [-0.4, -0.2) is 86.0 Å². The molecular formula is C42H60ClNO11S6. The molecule has 0 amide bonds. The molecule has 12 nitrogen and oxygen atoms in total. The zero-order valence-electron chi connectivity index (χ0n) is 35.7. The zero-order chi connectivity index (χ0) is 45.6. The second kappa shape index (κ2) is 24.2. The minimum atomic E-state index is -3.81. The molecule has 342 valence electrons. The fourth-order valence-electron chi connectivity index (χ4n) is 6.74. The van der Waals surface area contributed by atoms with Gasteiger partial charge in [0.25, 0.3) is 10.1 Å². The first-order valence-electron chi connectivity index (χ1n) is 20.0. The van der Waals surface area contributed by atoms with Gasteiger partial charge >= 0.3 is 0 Å². The number of nitrogens with zero attached hydrogens (tertiary/aromatic N) is 1. The van der Waals surface area contributed by atoms with Crippen LogP contribution in [0.15, 0.2) is 92.0 Å². The van der Waals surface area contributed by atoms with Crippen LogP contribution in [0.3, 0.4) is 0 Å². The van der Waals surface area contributed by atoms with Crippen LogP contribution in [0.2, 0.25) is 0 Å². The van der Waals surface area contributed by atoms with Crippen molar-refractivity contribution in [2.75, 3.05) is 19.8 Å². The third kappa shape index (κ3) is 16.7. The number of aliphatic hydroxyl groups excluding tert-OH is 1. The second-order valence-electron chi connectivity index (χ2n) is 15.3. The van der Waals surface area contributed by atoms with Gasteiger partial charge in [-0.3, -0.25) is 9.08 Å². The third-order valence-electron chi connectivity index (χ3n) is 9.85. The van der Waals surface area contributed by atoms with Crippen molar-refractivity contribution in [2.24, 2.45) is 0 Å². The second-order valence-corrected chi connectivity index (χ2v) is 26.6. The molecule has 2 aromatic heterocycles. The monoisotopic (exact) mass is 981 g/mol. The summed E-state index contributed by atoms with van der Waals surface area (Å²) in [6.07, 6.45) is 1.65. The van der Waals surface area contributed by atoms with E-state index in [4.69, 9.17) is 19.6 Å². The van der Waals surface area contributed by atoms with E-state index in [-0.39, 0.29) is 22.1 Å². The molecule has 2 aromatic carbocycles. The number of rotatable bonds is 9. The summed E-state index contributed by atoms with van der Waals surface area (Å²) in [5.41, 5.74) is 2.37. The smallest absolute Gasteiger partial charge is 0.272 e. The van der Waals surface area contributed by atoms with Crippen LogP contribution in [0.25, 0.3) is 0 Å². The van der Waals surface area contributed by atoms with E-state index in [1.54, 1.807) is 85.3 Å². The van der Waals surface area contributed by atoms with E-state index in [2.05, 4.69) is 39.5 Å². The molecule has 4 aromatic rings. The quantitative estimate of drug-likeness (QED) is 0.125. The van der Waals surface area contributed by atoms with Crippen LogP contribution in [-0.2, 0) is 59.3 Å². The normalized spacial score (nSPS) is 21.2. The number of fused-ring (bicyclic) bond motifs is 2. The third-order valence-corrected chi connectivity index (χ3v) is 19.5. The van der Waals surface area contributed by atoms with Crippen molar-refractivity contribution in [1.82, 2.24) is 4.90 Å². The first-order chi connectivity index (χ1) is 28.5. The number of hydrogen-bond donors (Lipinski definition) is 1. The van der Waals surface area contributed by atoms with Gasteiger partial charge in [-0.05, 0) is 108 Å². The van der Waals surface area contributed by atoms with Crippen LogP contribution in [0.5, 0.6) is 0 Å². The average molecular weight is 983 g/mol. The maximum Gasteiger partial charge on any atom is 0.272 e.